The van der Waals surface area contributed by atoms with Crippen LogP contribution in [0.2, 0.25) is 0 Å². The maximum absolute atomic E-state index is 13.1. The van der Waals surface area contributed by atoms with E-state index in [9.17, 15) is 14.0 Å². The van der Waals surface area contributed by atoms with Crippen molar-refractivity contribution < 1.29 is 18.7 Å². The van der Waals surface area contributed by atoms with Gasteiger partial charge in [0.05, 0.1) is 12.8 Å². The number of nitrogens with zero attached hydrogens (tertiary/aromatic N) is 4. The average molecular weight is 552 g/mol. The Bertz CT molecular complexity index is 1700. The molecule has 2 heterocycles. The number of hydrogen-bond donors (Lipinski definition) is 1. The lowest BCUT2D eigenvalue weighted by Gasteiger charge is -2.16. The van der Waals surface area contributed by atoms with Crippen LogP contribution >= 0.6 is 0 Å². The number of fused-ring (bicyclic) bond motifs is 1. The number of nitrogens with one attached hydrogen (secondary N) is 1. The summed E-state index contributed by atoms with van der Waals surface area (Å²) in [5.41, 5.74) is 5.47. The van der Waals surface area contributed by atoms with E-state index in [1.807, 2.05) is 49.5 Å². The second-order valence-corrected chi connectivity index (χ2v) is 9.73. The molecule has 0 aliphatic heterocycles. The average Bonchev–Trinajstić information content (AvgIpc) is 3.39. The first-order chi connectivity index (χ1) is 19.8. The summed E-state index contributed by atoms with van der Waals surface area (Å²) in [5.74, 6) is 0.574. The van der Waals surface area contributed by atoms with E-state index >= 15 is 0 Å². The number of anilines is 2. The molecule has 5 rings (SSSR count). The maximum Gasteiger partial charge on any atom is 0.253 e. The van der Waals surface area contributed by atoms with Crippen LogP contribution in [0.5, 0.6) is 5.75 Å². The number of amides is 1. The zero-order valence-corrected chi connectivity index (χ0v) is 23.1. The second kappa shape index (κ2) is 12.0. The molecule has 0 spiro atoms. The molecule has 208 valence electrons. The molecule has 41 heavy (non-hydrogen) atoms. The predicted octanol–water partition coefficient (Wildman–Crippen LogP) is 5.73. The molecule has 0 aliphatic rings. The minimum absolute atomic E-state index is 0.0691. The van der Waals surface area contributed by atoms with Crippen LogP contribution in [-0.4, -0.2) is 51.9 Å². The molecule has 3 aromatic carbocycles. The highest BCUT2D eigenvalue weighted by Gasteiger charge is 2.15. The summed E-state index contributed by atoms with van der Waals surface area (Å²) in [5, 5.41) is 7.75. The Kier molecular flexibility index (Phi) is 8.05. The Labute approximate surface area is 237 Å². The van der Waals surface area contributed by atoms with Crippen molar-refractivity contribution in [2.24, 2.45) is 0 Å². The van der Waals surface area contributed by atoms with Crippen LogP contribution in [0, 0.1) is 5.82 Å². The van der Waals surface area contributed by atoms with E-state index in [1.54, 1.807) is 53.9 Å². The number of carbonyl (C=O) groups excluding carboxylic acids is 2. The quantitative estimate of drug-likeness (QED) is 0.238. The van der Waals surface area contributed by atoms with Gasteiger partial charge >= 0.3 is 0 Å². The third-order valence-electron chi connectivity index (χ3n) is 6.85. The molecule has 0 saturated heterocycles. The van der Waals surface area contributed by atoms with Gasteiger partial charge in [0.15, 0.2) is 5.65 Å². The van der Waals surface area contributed by atoms with Crippen molar-refractivity contribution >= 4 is 29.0 Å². The molecule has 0 saturated carbocycles. The van der Waals surface area contributed by atoms with Gasteiger partial charge in [-0.1, -0.05) is 36.4 Å². The number of rotatable bonds is 10. The third-order valence-corrected chi connectivity index (χ3v) is 6.85. The van der Waals surface area contributed by atoms with E-state index in [0.29, 0.717) is 41.6 Å². The molecular formula is C32H30FN5O3. The van der Waals surface area contributed by atoms with E-state index in [2.05, 4.69) is 15.4 Å². The Morgan fingerprint density at radius 1 is 0.927 bits per heavy atom. The second-order valence-electron chi connectivity index (χ2n) is 9.73. The van der Waals surface area contributed by atoms with Gasteiger partial charge in [-0.25, -0.2) is 8.91 Å². The monoisotopic (exact) mass is 551 g/mol. The first kappa shape index (κ1) is 27.5. The Morgan fingerprint density at radius 3 is 2.24 bits per heavy atom. The molecular weight excluding hydrogens is 521 g/mol. The van der Waals surface area contributed by atoms with Crippen LogP contribution < -0.4 is 10.1 Å². The lowest BCUT2D eigenvalue weighted by atomic mass is 10.0. The number of aromatic nitrogens is 3. The smallest absolute Gasteiger partial charge is 0.253 e. The largest absolute Gasteiger partial charge is 0.495 e. The summed E-state index contributed by atoms with van der Waals surface area (Å²) in [6.07, 6.45) is 2.47. The lowest BCUT2D eigenvalue weighted by molar-refractivity contribution is -0.117. The summed E-state index contributed by atoms with van der Waals surface area (Å²) in [7, 11) is 3.30. The number of methoxy groups -OCH3 is 1. The van der Waals surface area contributed by atoms with Gasteiger partial charge < -0.3 is 15.0 Å². The first-order valence-electron chi connectivity index (χ1n) is 13.3. The van der Waals surface area contributed by atoms with Crippen molar-refractivity contribution in [2.75, 3.05) is 26.0 Å². The fourth-order valence-electron chi connectivity index (χ4n) is 4.45. The van der Waals surface area contributed by atoms with Crippen molar-refractivity contribution in [1.82, 2.24) is 19.5 Å². The number of benzene rings is 3. The minimum Gasteiger partial charge on any atom is -0.495 e. The summed E-state index contributed by atoms with van der Waals surface area (Å²) < 4.78 is 20.3. The van der Waals surface area contributed by atoms with E-state index in [4.69, 9.17) is 4.74 Å². The third kappa shape index (κ3) is 6.41. The molecule has 0 atom stereocenters. The SMILES string of the molecule is CCN(C)C(=O)c1ccc(Nc2nc3ccc(-c4ccc(CC(=O)Cc5ccc(F)cc5)cc4)cn3n2)c(OC)c1. The maximum atomic E-state index is 13.1. The van der Waals surface area contributed by atoms with Crippen LogP contribution in [0.25, 0.3) is 16.8 Å². The Balaban J connectivity index is 1.28. The molecule has 0 unspecified atom stereocenters. The molecule has 1 N–H and O–H groups in total. The first-order valence-corrected chi connectivity index (χ1v) is 13.3. The van der Waals surface area contributed by atoms with Gasteiger partial charge in [0.2, 0.25) is 5.95 Å². The van der Waals surface area contributed by atoms with E-state index in [-0.39, 0.29) is 23.9 Å². The molecule has 8 nitrogen and oxygen atoms in total. The van der Waals surface area contributed by atoms with Gasteiger partial charge in [0, 0.05) is 43.8 Å². The number of halogens is 1. The van der Waals surface area contributed by atoms with Crippen LogP contribution in [0.4, 0.5) is 16.0 Å². The van der Waals surface area contributed by atoms with E-state index in [1.165, 1.54) is 12.1 Å². The molecule has 1 amide bonds. The molecule has 5 aromatic rings. The minimum atomic E-state index is -0.312. The fraction of sp³-hybridized carbons (Fsp3) is 0.188. The van der Waals surface area contributed by atoms with E-state index in [0.717, 1.165) is 22.3 Å². The highest BCUT2D eigenvalue weighted by atomic mass is 19.1. The van der Waals surface area contributed by atoms with Gasteiger partial charge in [-0.15, -0.1) is 5.10 Å². The lowest BCUT2D eigenvalue weighted by Crippen LogP contribution is -2.26. The Hall–Kier alpha value is -5.05. The van der Waals surface area contributed by atoms with Gasteiger partial charge in [-0.3, -0.25) is 9.59 Å². The number of hydrogen-bond acceptors (Lipinski definition) is 6. The van der Waals surface area contributed by atoms with Crippen LogP contribution in [-0.2, 0) is 17.6 Å². The van der Waals surface area contributed by atoms with Crippen LogP contribution in [0.1, 0.15) is 28.4 Å². The van der Waals surface area contributed by atoms with Gasteiger partial charge in [-0.2, -0.15) is 4.98 Å². The van der Waals surface area contributed by atoms with E-state index < -0.39 is 0 Å². The summed E-state index contributed by atoms with van der Waals surface area (Å²) >= 11 is 0. The molecule has 0 bridgehead atoms. The summed E-state index contributed by atoms with van der Waals surface area (Å²) in [6, 6.07) is 22.9. The number of carbonyl (C=O) groups is 2. The zero-order chi connectivity index (χ0) is 28.9. The molecule has 0 fully saturated rings. The number of pyridine rings is 1. The molecule has 0 radical (unpaired) electrons. The molecule has 9 heteroatoms. The van der Waals surface area contributed by atoms with Gasteiger partial charge in [0.1, 0.15) is 17.3 Å². The standard InChI is InChI=1S/C32H30FN5O3/c1-4-37(2)31(40)24-11-15-28(29(19-24)41-3)34-32-35-30-16-12-25(20-38(30)36-32)23-9-5-21(6-10-23)17-27(39)18-22-7-13-26(33)14-8-22/h5-16,19-20H,4,17-18H2,1-3H3,(H,34,36). The molecule has 0 aliphatic carbocycles. The molecule has 2 aromatic heterocycles. The van der Waals surface area contributed by atoms with Crippen molar-refractivity contribution in [2.45, 2.75) is 19.8 Å². The predicted molar refractivity (Wildman–Crippen MR) is 156 cm³/mol. The summed E-state index contributed by atoms with van der Waals surface area (Å²) in [4.78, 5) is 31.2. The highest BCUT2D eigenvalue weighted by Crippen LogP contribution is 2.29. The number of ketones is 1. The van der Waals surface area contributed by atoms with Crippen LogP contribution in [0.3, 0.4) is 0 Å². The number of Topliss-reactive ketones (excluding diaryl/α,β-unsaturated/α-hetero) is 1. The van der Waals surface area contributed by atoms with Gasteiger partial charge in [0.25, 0.3) is 5.91 Å². The zero-order valence-electron chi connectivity index (χ0n) is 23.1. The normalized spacial score (nSPS) is 10.9. The van der Waals surface area contributed by atoms with Crippen molar-refractivity contribution in [3.8, 4) is 16.9 Å². The summed E-state index contributed by atoms with van der Waals surface area (Å²) in [6.45, 7) is 2.53. The van der Waals surface area contributed by atoms with Crippen molar-refractivity contribution in [3.63, 3.8) is 0 Å². The van der Waals surface area contributed by atoms with Crippen molar-refractivity contribution in [1.29, 1.82) is 0 Å². The Morgan fingerprint density at radius 2 is 1.59 bits per heavy atom. The van der Waals surface area contributed by atoms with Crippen LogP contribution in [0.15, 0.2) is 85.1 Å². The topological polar surface area (TPSA) is 88.8 Å². The number of ether oxygens (including phenoxy) is 1. The van der Waals surface area contributed by atoms with Gasteiger partial charge in [-0.05, 0) is 66.1 Å². The van der Waals surface area contributed by atoms with Crippen molar-refractivity contribution in [3.05, 3.63) is 108 Å². The fourth-order valence-corrected chi connectivity index (χ4v) is 4.45. The highest BCUT2D eigenvalue weighted by molar-refractivity contribution is 5.95.